The fraction of sp³-hybridized carbons (Fsp3) is 1.00. The van der Waals surface area contributed by atoms with Gasteiger partial charge in [0.2, 0.25) is 0 Å². The van der Waals surface area contributed by atoms with Crippen LogP contribution in [0.1, 0.15) is 52.9 Å². The smallest absolute Gasteiger partial charge is 0.0272 e. The Morgan fingerprint density at radius 2 is 1.89 bits per heavy atom. The summed E-state index contributed by atoms with van der Waals surface area (Å²) in [7, 11) is 2.36. The molecule has 106 valence electrons. The molecule has 0 radical (unpaired) electrons. The van der Waals surface area contributed by atoms with Gasteiger partial charge in [0.1, 0.15) is 0 Å². The number of rotatable bonds is 6. The molecule has 0 saturated heterocycles. The maximum Gasteiger partial charge on any atom is 0.0272 e. The molecule has 2 rings (SSSR count). The highest BCUT2D eigenvalue weighted by Crippen LogP contribution is 2.35. The number of likely N-dealkylation sites (N-methyl/N-ethyl adjacent to an activating group) is 1. The molecule has 0 heterocycles. The third-order valence-corrected chi connectivity index (χ3v) is 4.83. The summed E-state index contributed by atoms with van der Waals surface area (Å²) in [5, 5.41) is 3.82. The van der Waals surface area contributed by atoms with Crippen LogP contribution >= 0.6 is 0 Å². The number of nitrogens with one attached hydrogen (secondary N) is 1. The van der Waals surface area contributed by atoms with Gasteiger partial charge < -0.3 is 10.2 Å². The summed E-state index contributed by atoms with van der Waals surface area (Å²) in [5.74, 6) is 2.74. The molecule has 0 aliphatic heterocycles. The SMILES string of the molecule is CCCNC1CC(C)CC(C)C1N(C)CC1CC1. The summed E-state index contributed by atoms with van der Waals surface area (Å²) in [6.45, 7) is 9.66. The molecule has 2 saturated carbocycles. The van der Waals surface area contributed by atoms with Gasteiger partial charge in [0.05, 0.1) is 0 Å². The first-order valence-corrected chi connectivity index (χ1v) is 8.05. The van der Waals surface area contributed by atoms with Crippen molar-refractivity contribution in [3.05, 3.63) is 0 Å². The molecule has 0 aromatic heterocycles. The third kappa shape index (κ3) is 3.71. The van der Waals surface area contributed by atoms with E-state index in [0.717, 1.165) is 23.8 Å². The van der Waals surface area contributed by atoms with E-state index in [1.54, 1.807) is 0 Å². The first kappa shape index (κ1) is 14.3. The predicted octanol–water partition coefficient (Wildman–Crippen LogP) is 3.13. The molecule has 2 fully saturated rings. The molecular weight excluding hydrogens is 220 g/mol. The molecule has 0 amide bonds. The van der Waals surface area contributed by atoms with Crippen LogP contribution in [0.15, 0.2) is 0 Å². The highest BCUT2D eigenvalue weighted by atomic mass is 15.2. The second-order valence-corrected chi connectivity index (χ2v) is 6.99. The van der Waals surface area contributed by atoms with Gasteiger partial charge in [-0.2, -0.15) is 0 Å². The molecule has 4 atom stereocenters. The van der Waals surface area contributed by atoms with Crippen molar-refractivity contribution < 1.29 is 0 Å². The van der Waals surface area contributed by atoms with E-state index in [1.807, 2.05) is 0 Å². The van der Waals surface area contributed by atoms with Gasteiger partial charge >= 0.3 is 0 Å². The van der Waals surface area contributed by atoms with Crippen LogP contribution in [0.25, 0.3) is 0 Å². The number of hydrogen-bond acceptors (Lipinski definition) is 2. The zero-order chi connectivity index (χ0) is 13.1. The van der Waals surface area contributed by atoms with Crippen molar-refractivity contribution in [1.29, 1.82) is 0 Å². The summed E-state index contributed by atoms with van der Waals surface area (Å²) in [6, 6.07) is 1.47. The Balaban J connectivity index is 1.95. The lowest BCUT2D eigenvalue weighted by molar-refractivity contribution is 0.0772. The monoisotopic (exact) mass is 252 g/mol. The zero-order valence-electron chi connectivity index (χ0n) is 12.8. The molecule has 2 aliphatic rings. The highest BCUT2D eigenvalue weighted by molar-refractivity contribution is 4.94. The van der Waals surface area contributed by atoms with E-state index < -0.39 is 0 Å². The van der Waals surface area contributed by atoms with Gasteiger partial charge in [-0.05, 0) is 63.5 Å². The summed E-state index contributed by atoms with van der Waals surface area (Å²) < 4.78 is 0. The van der Waals surface area contributed by atoms with E-state index in [-0.39, 0.29) is 0 Å². The van der Waals surface area contributed by atoms with Crippen molar-refractivity contribution in [1.82, 2.24) is 10.2 Å². The molecule has 0 spiro atoms. The van der Waals surface area contributed by atoms with Crippen LogP contribution in [-0.2, 0) is 0 Å². The van der Waals surface area contributed by atoms with Crippen LogP contribution in [0.4, 0.5) is 0 Å². The van der Waals surface area contributed by atoms with Crippen molar-refractivity contribution in [2.45, 2.75) is 65.0 Å². The minimum Gasteiger partial charge on any atom is -0.312 e. The molecule has 0 bridgehead atoms. The van der Waals surface area contributed by atoms with Crippen LogP contribution in [-0.4, -0.2) is 37.1 Å². The van der Waals surface area contributed by atoms with Crippen LogP contribution in [0.2, 0.25) is 0 Å². The Morgan fingerprint density at radius 3 is 2.50 bits per heavy atom. The third-order valence-electron chi connectivity index (χ3n) is 4.83. The molecule has 1 N–H and O–H groups in total. The molecule has 0 aromatic carbocycles. The predicted molar refractivity (Wildman–Crippen MR) is 78.8 cm³/mol. The van der Waals surface area contributed by atoms with Crippen LogP contribution in [0.3, 0.4) is 0 Å². The van der Waals surface area contributed by atoms with E-state index in [1.165, 1.54) is 45.2 Å². The second kappa shape index (κ2) is 6.38. The summed E-state index contributed by atoms with van der Waals surface area (Å²) in [5.41, 5.74) is 0. The second-order valence-electron chi connectivity index (χ2n) is 6.99. The Kier molecular flexibility index (Phi) is 5.08. The number of hydrogen-bond donors (Lipinski definition) is 1. The minimum atomic E-state index is 0.715. The van der Waals surface area contributed by atoms with E-state index >= 15 is 0 Å². The van der Waals surface area contributed by atoms with Crippen LogP contribution < -0.4 is 5.32 Å². The Hall–Kier alpha value is -0.0800. The van der Waals surface area contributed by atoms with Crippen LogP contribution in [0.5, 0.6) is 0 Å². The summed E-state index contributed by atoms with van der Waals surface area (Å²) >= 11 is 0. The fourth-order valence-corrected chi connectivity index (χ4v) is 3.94. The normalized spacial score (nSPS) is 37.2. The first-order valence-electron chi connectivity index (χ1n) is 8.05. The summed E-state index contributed by atoms with van der Waals surface area (Å²) in [6.07, 6.45) is 6.95. The van der Waals surface area contributed by atoms with Crippen molar-refractivity contribution in [2.75, 3.05) is 20.1 Å². The molecular formula is C16H32N2. The van der Waals surface area contributed by atoms with E-state index in [0.29, 0.717) is 6.04 Å². The summed E-state index contributed by atoms with van der Waals surface area (Å²) in [4.78, 5) is 2.67. The van der Waals surface area contributed by atoms with Crippen molar-refractivity contribution in [3.63, 3.8) is 0 Å². The zero-order valence-corrected chi connectivity index (χ0v) is 12.8. The lowest BCUT2D eigenvalue weighted by atomic mass is 9.76. The molecule has 0 aromatic rings. The fourth-order valence-electron chi connectivity index (χ4n) is 3.94. The van der Waals surface area contributed by atoms with Crippen molar-refractivity contribution >= 4 is 0 Å². The maximum atomic E-state index is 3.82. The quantitative estimate of drug-likeness (QED) is 0.781. The first-order chi connectivity index (χ1) is 8.61. The largest absolute Gasteiger partial charge is 0.312 e. The van der Waals surface area contributed by atoms with Crippen molar-refractivity contribution in [2.24, 2.45) is 17.8 Å². The van der Waals surface area contributed by atoms with Crippen LogP contribution in [0, 0.1) is 17.8 Å². The Bertz CT molecular complexity index is 249. The molecule has 4 unspecified atom stereocenters. The van der Waals surface area contributed by atoms with Crippen molar-refractivity contribution in [3.8, 4) is 0 Å². The van der Waals surface area contributed by atoms with Gasteiger partial charge in [-0.3, -0.25) is 0 Å². The lowest BCUT2D eigenvalue weighted by Crippen LogP contribution is -2.56. The topological polar surface area (TPSA) is 15.3 Å². The molecule has 2 nitrogen and oxygen atoms in total. The van der Waals surface area contributed by atoms with E-state index in [9.17, 15) is 0 Å². The van der Waals surface area contributed by atoms with Gasteiger partial charge in [-0.1, -0.05) is 20.8 Å². The average Bonchev–Trinajstić information content (AvgIpc) is 3.09. The minimum absolute atomic E-state index is 0.715. The maximum absolute atomic E-state index is 3.82. The molecule has 18 heavy (non-hydrogen) atoms. The van der Waals surface area contributed by atoms with Gasteiger partial charge in [-0.25, -0.2) is 0 Å². The van der Waals surface area contributed by atoms with E-state index in [4.69, 9.17) is 0 Å². The Morgan fingerprint density at radius 1 is 1.17 bits per heavy atom. The van der Waals surface area contributed by atoms with Gasteiger partial charge in [0.25, 0.3) is 0 Å². The average molecular weight is 252 g/mol. The number of nitrogens with zero attached hydrogens (tertiary/aromatic N) is 1. The van der Waals surface area contributed by atoms with Gasteiger partial charge in [-0.15, -0.1) is 0 Å². The highest BCUT2D eigenvalue weighted by Gasteiger charge is 2.37. The standard InChI is InChI=1S/C16H32N2/c1-5-8-17-15-10-12(2)9-13(3)16(15)18(4)11-14-6-7-14/h12-17H,5-11H2,1-4H3. The lowest BCUT2D eigenvalue weighted by Gasteiger charge is -2.45. The van der Waals surface area contributed by atoms with Gasteiger partial charge in [0.15, 0.2) is 0 Å². The molecule has 2 aliphatic carbocycles. The van der Waals surface area contributed by atoms with Gasteiger partial charge in [0, 0.05) is 18.6 Å². The van der Waals surface area contributed by atoms with E-state index in [2.05, 4.69) is 38.0 Å². The molecule has 2 heteroatoms. The Labute approximate surface area is 114 Å².